The Morgan fingerprint density at radius 2 is 1.74 bits per heavy atom. The van der Waals surface area contributed by atoms with Gasteiger partial charge in [-0.1, -0.05) is 29.8 Å². The second kappa shape index (κ2) is 8.98. The lowest BCUT2D eigenvalue weighted by molar-refractivity contribution is -0.120. The molecule has 0 saturated carbocycles. The number of halogens is 1. The van der Waals surface area contributed by atoms with Crippen molar-refractivity contribution in [3.8, 4) is 0 Å². The average Bonchev–Trinajstić information content (AvgIpc) is 2.64. The van der Waals surface area contributed by atoms with Crippen molar-refractivity contribution in [1.82, 2.24) is 14.9 Å². The number of hydrogen-bond acceptors (Lipinski definition) is 4. The molecule has 2 N–H and O–H groups in total. The van der Waals surface area contributed by atoms with Gasteiger partial charge < -0.3 is 10.6 Å². The summed E-state index contributed by atoms with van der Waals surface area (Å²) in [5, 5.41) is 5.71. The van der Waals surface area contributed by atoms with Crippen LogP contribution in [0.2, 0.25) is 5.02 Å². The number of nitrogens with one attached hydrogen (secondary N) is 2. The summed E-state index contributed by atoms with van der Waals surface area (Å²) in [6.07, 6.45) is 0. The van der Waals surface area contributed by atoms with Crippen molar-refractivity contribution in [2.45, 2.75) is 11.4 Å². The Morgan fingerprint density at radius 1 is 1.04 bits per heavy atom. The minimum atomic E-state index is -3.64. The quantitative estimate of drug-likeness (QED) is 0.726. The number of sulfonamides is 1. The van der Waals surface area contributed by atoms with Crippen LogP contribution >= 0.6 is 11.6 Å². The second-order valence-corrected chi connectivity index (χ2v) is 8.49. The molecule has 0 bridgehead atoms. The first-order chi connectivity index (χ1) is 12.7. The van der Waals surface area contributed by atoms with Crippen molar-refractivity contribution in [3.05, 3.63) is 64.7 Å². The summed E-state index contributed by atoms with van der Waals surface area (Å²) in [4.78, 5) is 24.1. The molecule has 0 aliphatic heterocycles. The molecule has 2 amide bonds. The Labute approximate surface area is 163 Å². The largest absolute Gasteiger partial charge is 0.350 e. The monoisotopic (exact) mass is 409 g/mol. The Kier molecular flexibility index (Phi) is 6.95. The highest BCUT2D eigenvalue weighted by Gasteiger charge is 2.18. The third-order valence-corrected chi connectivity index (χ3v) is 5.71. The van der Waals surface area contributed by atoms with E-state index in [2.05, 4.69) is 10.6 Å². The van der Waals surface area contributed by atoms with E-state index in [4.69, 9.17) is 11.6 Å². The van der Waals surface area contributed by atoms with Crippen LogP contribution in [0.1, 0.15) is 15.9 Å². The summed E-state index contributed by atoms with van der Waals surface area (Å²) < 4.78 is 25.3. The maximum atomic E-state index is 12.2. The summed E-state index contributed by atoms with van der Waals surface area (Å²) in [6, 6.07) is 12.7. The van der Waals surface area contributed by atoms with Crippen LogP contribution in [-0.4, -0.2) is 45.2 Å². The van der Waals surface area contributed by atoms with Crippen LogP contribution in [0.4, 0.5) is 0 Å². The molecule has 0 aromatic heterocycles. The number of hydrogen-bond donors (Lipinski definition) is 2. The van der Waals surface area contributed by atoms with Crippen LogP contribution in [0.5, 0.6) is 0 Å². The Hall–Kier alpha value is -2.42. The number of carbonyl (C=O) groups excluding carboxylic acids is 2. The van der Waals surface area contributed by atoms with E-state index in [9.17, 15) is 18.0 Å². The predicted octanol–water partition coefficient (Wildman–Crippen LogP) is 1.64. The molecule has 0 saturated heterocycles. The summed E-state index contributed by atoms with van der Waals surface area (Å²) in [7, 11) is -0.826. The smallest absolute Gasteiger partial charge is 0.251 e. The number of carbonyl (C=O) groups is 2. The van der Waals surface area contributed by atoms with E-state index in [0.29, 0.717) is 5.02 Å². The number of benzene rings is 2. The maximum absolute atomic E-state index is 12.2. The van der Waals surface area contributed by atoms with Gasteiger partial charge in [0.05, 0.1) is 11.4 Å². The van der Waals surface area contributed by atoms with Crippen molar-refractivity contribution in [2.24, 2.45) is 0 Å². The van der Waals surface area contributed by atoms with Crippen molar-refractivity contribution in [1.29, 1.82) is 0 Å². The van der Waals surface area contributed by atoms with Crippen LogP contribution in [-0.2, 0) is 21.4 Å². The van der Waals surface area contributed by atoms with Crippen LogP contribution in [0, 0.1) is 0 Å². The summed E-state index contributed by atoms with van der Waals surface area (Å²) in [5.74, 6) is -0.913. The van der Waals surface area contributed by atoms with E-state index in [0.717, 1.165) is 9.87 Å². The summed E-state index contributed by atoms with van der Waals surface area (Å²) in [6.45, 7) is 0.0515. The topological polar surface area (TPSA) is 95.6 Å². The molecule has 0 radical (unpaired) electrons. The van der Waals surface area contributed by atoms with Gasteiger partial charge in [0.25, 0.3) is 5.91 Å². The molecular formula is C18H20ClN3O4S. The van der Waals surface area contributed by atoms with Crippen molar-refractivity contribution in [2.75, 3.05) is 20.6 Å². The highest BCUT2D eigenvalue weighted by molar-refractivity contribution is 7.89. The molecule has 2 rings (SSSR count). The fraction of sp³-hybridized carbons (Fsp3) is 0.222. The van der Waals surface area contributed by atoms with Gasteiger partial charge in [-0.2, -0.15) is 0 Å². The molecule has 2 aromatic carbocycles. The lowest BCUT2D eigenvalue weighted by Crippen LogP contribution is -2.36. The summed E-state index contributed by atoms with van der Waals surface area (Å²) in [5.41, 5.74) is 0.990. The molecule has 9 heteroatoms. The predicted molar refractivity (Wildman–Crippen MR) is 103 cm³/mol. The highest BCUT2D eigenvalue weighted by atomic mass is 35.5. The molecule has 2 aromatic rings. The number of rotatable bonds is 7. The lowest BCUT2D eigenvalue weighted by Gasteiger charge is -2.12. The maximum Gasteiger partial charge on any atom is 0.251 e. The Bertz CT molecular complexity index is 945. The third kappa shape index (κ3) is 5.78. The van der Waals surface area contributed by atoms with E-state index >= 15 is 0 Å². The molecule has 7 nitrogen and oxygen atoms in total. The minimum absolute atomic E-state index is 0.00515. The third-order valence-electron chi connectivity index (χ3n) is 3.66. The van der Waals surface area contributed by atoms with Gasteiger partial charge in [0.1, 0.15) is 0 Å². The standard InChI is InChI=1S/C18H20ClN3O4S/c1-22(2)27(25,26)16-8-4-6-14(10-16)18(24)21-12-17(23)20-11-13-5-3-7-15(19)9-13/h3-10H,11-12H2,1-2H3,(H,20,23)(H,21,24). The number of nitrogens with zero attached hydrogens (tertiary/aromatic N) is 1. The summed E-state index contributed by atoms with van der Waals surface area (Å²) >= 11 is 5.88. The van der Waals surface area contributed by atoms with Crippen molar-refractivity contribution < 1.29 is 18.0 Å². The van der Waals surface area contributed by atoms with E-state index in [-0.39, 0.29) is 29.5 Å². The van der Waals surface area contributed by atoms with Crippen LogP contribution in [0.15, 0.2) is 53.4 Å². The first-order valence-corrected chi connectivity index (χ1v) is 9.84. The average molecular weight is 410 g/mol. The molecule has 0 aliphatic rings. The van der Waals surface area contributed by atoms with Crippen LogP contribution < -0.4 is 10.6 Å². The Morgan fingerprint density at radius 3 is 2.41 bits per heavy atom. The fourth-order valence-electron chi connectivity index (χ4n) is 2.18. The molecule has 0 aliphatic carbocycles. The van der Waals surface area contributed by atoms with Gasteiger partial charge in [0.15, 0.2) is 0 Å². The molecule has 0 spiro atoms. The zero-order chi connectivity index (χ0) is 20.0. The van der Waals surface area contributed by atoms with Gasteiger partial charge in [0.2, 0.25) is 15.9 Å². The van der Waals surface area contributed by atoms with Gasteiger partial charge in [-0.25, -0.2) is 12.7 Å². The van der Waals surface area contributed by atoms with Gasteiger partial charge >= 0.3 is 0 Å². The normalized spacial score (nSPS) is 11.3. The fourth-order valence-corrected chi connectivity index (χ4v) is 3.34. The van der Waals surface area contributed by atoms with Crippen molar-refractivity contribution in [3.63, 3.8) is 0 Å². The van der Waals surface area contributed by atoms with Crippen LogP contribution in [0.25, 0.3) is 0 Å². The van der Waals surface area contributed by atoms with Gasteiger partial charge in [0, 0.05) is 31.2 Å². The zero-order valence-corrected chi connectivity index (χ0v) is 16.5. The molecule has 27 heavy (non-hydrogen) atoms. The molecular weight excluding hydrogens is 390 g/mol. The van der Waals surface area contributed by atoms with Gasteiger partial charge in [-0.05, 0) is 35.9 Å². The van der Waals surface area contributed by atoms with E-state index in [1.807, 2.05) is 6.07 Å². The Balaban J connectivity index is 1.93. The SMILES string of the molecule is CN(C)S(=O)(=O)c1cccc(C(=O)NCC(=O)NCc2cccc(Cl)c2)c1. The first kappa shape index (κ1) is 20.9. The molecule has 0 unspecified atom stereocenters. The number of amides is 2. The minimum Gasteiger partial charge on any atom is -0.350 e. The van der Waals surface area contributed by atoms with Crippen molar-refractivity contribution >= 4 is 33.4 Å². The molecule has 0 fully saturated rings. The first-order valence-electron chi connectivity index (χ1n) is 8.02. The van der Waals surface area contributed by atoms with E-state index in [1.165, 1.54) is 38.4 Å². The highest BCUT2D eigenvalue weighted by Crippen LogP contribution is 2.15. The van der Waals surface area contributed by atoms with E-state index in [1.54, 1.807) is 18.2 Å². The van der Waals surface area contributed by atoms with Gasteiger partial charge in [-0.3, -0.25) is 9.59 Å². The lowest BCUT2D eigenvalue weighted by atomic mass is 10.2. The van der Waals surface area contributed by atoms with Crippen LogP contribution in [0.3, 0.4) is 0 Å². The second-order valence-electron chi connectivity index (χ2n) is 5.90. The molecule has 144 valence electrons. The molecule has 0 atom stereocenters. The molecule has 0 heterocycles. The van der Waals surface area contributed by atoms with E-state index < -0.39 is 15.9 Å². The van der Waals surface area contributed by atoms with Gasteiger partial charge in [-0.15, -0.1) is 0 Å². The zero-order valence-electron chi connectivity index (χ0n) is 14.9.